The Hall–Kier alpha value is -2.61. The molecule has 0 aliphatic carbocycles. The Morgan fingerprint density at radius 2 is 1.86 bits per heavy atom. The van der Waals surface area contributed by atoms with Gasteiger partial charge >= 0.3 is 6.01 Å². The molecule has 0 aliphatic rings. The number of rotatable bonds is 5. The van der Waals surface area contributed by atoms with Gasteiger partial charge in [-0.2, -0.15) is 15.2 Å². The molecule has 0 bridgehead atoms. The zero-order valence-corrected chi connectivity index (χ0v) is 12.3. The second-order valence-electron chi connectivity index (χ2n) is 4.41. The van der Waals surface area contributed by atoms with Crippen molar-refractivity contribution in [2.24, 2.45) is 0 Å². The summed E-state index contributed by atoms with van der Waals surface area (Å²) in [6, 6.07) is 12.1. The minimum Gasteiger partial charge on any atom is -0.481 e. The number of hydrogen-bond donors (Lipinski definition) is 0. The molecular formula is C16H17N3O2. The molecule has 0 amide bonds. The van der Waals surface area contributed by atoms with E-state index in [4.69, 9.17) is 9.47 Å². The Bertz CT molecular complexity index is 651. The quantitative estimate of drug-likeness (QED) is 0.844. The normalized spacial score (nSPS) is 11.5. The summed E-state index contributed by atoms with van der Waals surface area (Å²) in [5.41, 5.74) is 2.35. The molecule has 1 unspecified atom stereocenters. The second-order valence-corrected chi connectivity index (χ2v) is 4.41. The summed E-state index contributed by atoms with van der Waals surface area (Å²) in [6.45, 7) is 1.98. The van der Waals surface area contributed by atoms with Gasteiger partial charge < -0.3 is 9.47 Å². The monoisotopic (exact) mass is 283 g/mol. The van der Waals surface area contributed by atoms with Gasteiger partial charge in [-0.1, -0.05) is 37.3 Å². The van der Waals surface area contributed by atoms with Crippen LogP contribution in [0, 0.1) is 11.3 Å². The minimum absolute atomic E-state index is 0.204. The SMILES string of the molecule is CCc1c(OC)nc(OC)nc1C(C#N)c1ccccc1. The topological polar surface area (TPSA) is 68.0 Å². The molecule has 108 valence electrons. The summed E-state index contributed by atoms with van der Waals surface area (Å²) in [5, 5.41) is 9.59. The number of hydrogen-bond acceptors (Lipinski definition) is 5. The maximum atomic E-state index is 9.59. The lowest BCUT2D eigenvalue weighted by Gasteiger charge is -2.16. The van der Waals surface area contributed by atoms with Crippen LogP contribution in [-0.2, 0) is 6.42 Å². The van der Waals surface area contributed by atoms with E-state index in [0.717, 1.165) is 11.1 Å². The predicted molar refractivity (Wildman–Crippen MR) is 78.4 cm³/mol. The van der Waals surface area contributed by atoms with E-state index in [1.165, 1.54) is 7.11 Å². The zero-order chi connectivity index (χ0) is 15.2. The van der Waals surface area contributed by atoms with Gasteiger partial charge in [-0.3, -0.25) is 0 Å². The summed E-state index contributed by atoms with van der Waals surface area (Å²) in [5.74, 6) is -0.0255. The lowest BCUT2D eigenvalue weighted by atomic mass is 9.93. The number of methoxy groups -OCH3 is 2. The van der Waals surface area contributed by atoms with Crippen molar-refractivity contribution in [2.45, 2.75) is 19.3 Å². The van der Waals surface area contributed by atoms with Gasteiger partial charge in [-0.05, 0) is 12.0 Å². The van der Waals surface area contributed by atoms with Gasteiger partial charge in [0.2, 0.25) is 5.88 Å². The van der Waals surface area contributed by atoms with E-state index in [9.17, 15) is 5.26 Å². The van der Waals surface area contributed by atoms with Gasteiger partial charge in [0.05, 0.1) is 26.0 Å². The van der Waals surface area contributed by atoms with Crippen LogP contribution in [-0.4, -0.2) is 24.2 Å². The average Bonchev–Trinajstić information content (AvgIpc) is 2.55. The van der Waals surface area contributed by atoms with Crippen LogP contribution in [0.5, 0.6) is 11.9 Å². The van der Waals surface area contributed by atoms with Gasteiger partial charge in [0.25, 0.3) is 0 Å². The molecule has 0 aliphatic heterocycles. The molecule has 0 fully saturated rings. The van der Waals surface area contributed by atoms with Gasteiger partial charge in [0.15, 0.2) is 0 Å². The smallest absolute Gasteiger partial charge is 0.319 e. The van der Waals surface area contributed by atoms with Crippen LogP contribution in [0.15, 0.2) is 30.3 Å². The first-order chi connectivity index (χ1) is 10.2. The molecule has 0 saturated carbocycles. The van der Waals surface area contributed by atoms with Gasteiger partial charge in [0, 0.05) is 5.56 Å². The Balaban J connectivity index is 2.62. The van der Waals surface area contributed by atoms with Crippen LogP contribution >= 0.6 is 0 Å². The number of nitrogens with zero attached hydrogens (tertiary/aromatic N) is 3. The summed E-state index contributed by atoms with van der Waals surface area (Å²) in [4.78, 5) is 8.57. The lowest BCUT2D eigenvalue weighted by molar-refractivity contribution is 0.346. The van der Waals surface area contributed by atoms with Gasteiger partial charge in [-0.25, -0.2) is 0 Å². The fourth-order valence-electron chi connectivity index (χ4n) is 2.23. The van der Waals surface area contributed by atoms with Crippen LogP contribution in [0.2, 0.25) is 0 Å². The van der Waals surface area contributed by atoms with Crippen LogP contribution in [0.4, 0.5) is 0 Å². The lowest BCUT2D eigenvalue weighted by Crippen LogP contribution is -2.10. The van der Waals surface area contributed by atoms with E-state index in [0.29, 0.717) is 18.0 Å². The summed E-state index contributed by atoms with van der Waals surface area (Å²) < 4.78 is 10.4. The first-order valence-corrected chi connectivity index (χ1v) is 6.68. The molecule has 5 heteroatoms. The Kier molecular flexibility index (Phi) is 4.72. The van der Waals surface area contributed by atoms with E-state index in [1.54, 1.807) is 7.11 Å². The van der Waals surface area contributed by atoms with Crippen LogP contribution in [0.25, 0.3) is 0 Å². The third-order valence-electron chi connectivity index (χ3n) is 3.25. The number of nitriles is 1. The van der Waals surface area contributed by atoms with Crippen molar-refractivity contribution in [1.82, 2.24) is 9.97 Å². The highest BCUT2D eigenvalue weighted by molar-refractivity contribution is 5.43. The maximum absolute atomic E-state index is 9.59. The standard InChI is InChI=1S/C16H17N3O2/c1-4-12-14(18-16(21-3)19-15(12)20-2)13(10-17)11-8-6-5-7-9-11/h5-9,13H,4H2,1-3H3. The largest absolute Gasteiger partial charge is 0.481 e. The molecule has 0 N–H and O–H groups in total. The van der Waals surface area contributed by atoms with Crippen molar-refractivity contribution >= 4 is 0 Å². The van der Waals surface area contributed by atoms with Crippen LogP contribution in [0.1, 0.15) is 29.7 Å². The van der Waals surface area contributed by atoms with Crippen molar-refractivity contribution < 1.29 is 9.47 Å². The van der Waals surface area contributed by atoms with Gasteiger partial charge in [0.1, 0.15) is 5.92 Å². The second kappa shape index (κ2) is 6.71. The molecule has 1 aromatic heterocycles. The Morgan fingerprint density at radius 1 is 1.14 bits per heavy atom. The molecular weight excluding hydrogens is 266 g/mol. The molecule has 0 spiro atoms. The number of ether oxygens (including phenoxy) is 2. The Labute approximate surface area is 124 Å². The number of aromatic nitrogens is 2. The Morgan fingerprint density at radius 3 is 2.38 bits per heavy atom. The summed E-state index contributed by atoms with van der Waals surface area (Å²) >= 11 is 0. The third kappa shape index (κ3) is 2.95. The van der Waals surface area contributed by atoms with E-state index in [-0.39, 0.29) is 6.01 Å². The molecule has 1 atom stereocenters. The minimum atomic E-state index is -0.480. The van der Waals surface area contributed by atoms with E-state index < -0.39 is 5.92 Å². The van der Waals surface area contributed by atoms with Crippen molar-refractivity contribution in [3.05, 3.63) is 47.2 Å². The summed E-state index contributed by atoms with van der Waals surface area (Å²) in [6.07, 6.45) is 0.674. The fraction of sp³-hybridized carbons (Fsp3) is 0.312. The first-order valence-electron chi connectivity index (χ1n) is 6.68. The predicted octanol–water partition coefficient (Wildman–Crippen LogP) is 2.71. The third-order valence-corrected chi connectivity index (χ3v) is 3.25. The van der Waals surface area contributed by atoms with Crippen LogP contribution < -0.4 is 9.47 Å². The molecule has 2 aromatic rings. The molecule has 0 radical (unpaired) electrons. The number of benzene rings is 1. The van der Waals surface area contributed by atoms with E-state index in [2.05, 4.69) is 16.0 Å². The summed E-state index contributed by atoms with van der Waals surface area (Å²) in [7, 11) is 3.04. The maximum Gasteiger partial charge on any atom is 0.319 e. The molecule has 21 heavy (non-hydrogen) atoms. The van der Waals surface area contributed by atoms with Crippen LogP contribution in [0.3, 0.4) is 0 Å². The zero-order valence-electron chi connectivity index (χ0n) is 12.3. The van der Waals surface area contributed by atoms with Crippen molar-refractivity contribution in [3.8, 4) is 18.0 Å². The van der Waals surface area contributed by atoms with Crippen molar-refractivity contribution in [1.29, 1.82) is 5.26 Å². The highest BCUT2D eigenvalue weighted by atomic mass is 16.5. The average molecular weight is 283 g/mol. The van der Waals surface area contributed by atoms with E-state index in [1.807, 2.05) is 37.3 Å². The first kappa shape index (κ1) is 14.8. The van der Waals surface area contributed by atoms with Crippen molar-refractivity contribution in [3.63, 3.8) is 0 Å². The molecule has 5 nitrogen and oxygen atoms in total. The van der Waals surface area contributed by atoms with E-state index >= 15 is 0 Å². The molecule has 1 heterocycles. The van der Waals surface area contributed by atoms with Gasteiger partial charge in [-0.15, -0.1) is 0 Å². The van der Waals surface area contributed by atoms with Crippen molar-refractivity contribution in [2.75, 3.05) is 14.2 Å². The fourth-order valence-corrected chi connectivity index (χ4v) is 2.23. The molecule has 1 aromatic carbocycles. The molecule has 0 saturated heterocycles. The highest BCUT2D eigenvalue weighted by Gasteiger charge is 2.23. The molecule has 2 rings (SSSR count). The highest BCUT2D eigenvalue weighted by Crippen LogP contribution is 2.31.